The minimum atomic E-state index is 0.215. The van der Waals surface area contributed by atoms with Gasteiger partial charge in [0.1, 0.15) is 6.07 Å². The summed E-state index contributed by atoms with van der Waals surface area (Å²) in [6.45, 7) is 1.82. The van der Waals surface area contributed by atoms with Crippen LogP contribution in [0.4, 0.5) is 5.69 Å². The summed E-state index contributed by atoms with van der Waals surface area (Å²) in [5, 5.41) is 8.75. The van der Waals surface area contributed by atoms with Gasteiger partial charge in [0.2, 0.25) is 5.82 Å². The minimum absolute atomic E-state index is 0.215. The number of rotatable bonds is 1. The maximum atomic E-state index is 8.75. The zero-order valence-electron chi connectivity index (χ0n) is 10.9. The highest BCUT2D eigenvalue weighted by atomic mass is 79.9. The van der Waals surface area contributed by atoms with E-state index in [1.807, 2.05) is 6.07 Å². The Balaban J connectivity index is 1.90. The second kappa shape index (κ2) is 5.59. The zero-order chi connectivity index (χ0) is 13.9. The number of anilines is 1. The molecule has 20 heavy (non-hydrogen) atoms. The van der Waals surface area contributed by atoms with Crippen LogP contribution in [0.3, 0.4) is 0 Å². The standard InChI is InChI=1S/C15H13BrN4/c16-14-5-1-3-11-10-20(6-2-4-13(11)14)12-8-18-15(7-17)19-9-12/h1,3,5,8-9H,2,4,6,10H2. The van der Waals surface area contributed by atoms with Crippen molar-refractivity contribution < 1.29 is 0 Å². The van der Waals surface area contributed by atoms with E-state index in [4.69, 9.17) is 5.26 Å². The summed E-state index contributed by atoms with van der Waals surface area (Å²) < 4.78 is 1.19. The van der Waals surface area contributed by atoms with Crippen molar-refractivity contribution in [3.05, 3.63) is 52.0 Å². The van der Waals surface area contributed by atoms with Gasteiger partial charge in [0.05, 0.1) is 18.1 Å². The van der Waals surface area contributed by atoms with Gasteiger partial charge < -0.3 is 4.90 Å². The van der Waals surface area contributed by atoms with Gasteiger partial charge in [0.25, 0.3) is 0 Å². The molecule has 0 bridgehead atoms. The molecule has 1 aromatic carbocycles. The third-order valence-corrected chi connectivity index (χ3v) is 4.28. The van der Waals surface area contributed by atoms with Gasteiger partial charge in [0, 0.05) is 17.6 Å². The highest BCUT2D eigenvalue weighted by molar-refractivity contribution is 9.10. The summed E-state index contributed by atoms with van der Waals surface area (Å²) in [6, 6.07) is 8.28. The maximum absolute atomic E-state index is 8.75. The van der Waals surface area contributed by atoms with Crippen molar-refractivity contribution in [2.75, 3.05) is 11.4 Å². The molecular formula is C15H13BrN4. The number of nitrogens with zero attached hydrogens (tertiary/aromatic N) is 4. The fraction of sp³-hybridized carbons (Fsp3) is 0.267. The summed E-state index contributed by atoms with van der Waals surface area (Å²) >= 11 is 3.63. The van der Waals surface area contributed by atoms with Crippen molar-refractivity contribution >= 4 is 21.6 Å². The number of fused-ring (bicyclic) bond motifs is 1. The van der Waals surface area contributed by atoms with E-state index < -0.39 is 0 Å². The zero-order valence-corrected chi connectivity index (χ0v) is 12.5. The molecule has 0 N–H and O–H groups in total. The molecule has 0 unspecified atom stereocenters. The monoisotopic (exact) mass is 328 g/mol. The van der Waals surface area contributed by atoms with Gasteiger partial charge in [-0.2, -0.15) is 5.26 Å². The molecule has 1 aromatic heterocycles. The number of aromatic nitrogens is 2. The summed E-state index contributed by atoms with van der Waals surface area (Å²) in [7, 11) is 0. The van der Waals surface area contributed by atoms with Gasteiger partial charge in [-0.1, -0.05) is 28.1 Å². The first-order chi connectivity index (χ1) is 9.78. The topological polar surface area (TPSA) is 52.8 Å². The average Bonchev–Trinajstić information content (AvgIpc) is 2.71. The lowest BCUT2D eigenvalue weighted by Crippen LogP contribution is -2.22. The number of hydrogen-bond donors (Lipinski definition) is 0. The van der Waals surface area contributed by atoms with Gasteiger partial charge >= 0.3 is 0 Å². The van der Waals surface area contributed by atoms with E-state index in [-0.39, 0.29) is 5.82 Å². The van der Waals surface area contributed by atoms with Crippen LogP contribution in [-0.4, -0.2) is 16.5 Å². The van der Waals surface area contributed by atoms with Gasteiger partial charge in [-0.25, -0.2) is 9.97 Å². The summed E-state index contributed by atoms with van der Waals surface area (Å²) in [5.41, 5.74) is 3.70. The van der Waals surface area contributed by atoms with E-state index >= 15 is 0 Å². The quantitative estimate of drug-likeness (QED) is 0.807. The third kappa shape index (κ3) is 2.52. The number of benzene rings is 1. The first-order valence-electron chi connectivity index (χ1n) is 6.51. The molecule has 1 aliphatic rings. The maximum Gasteiger partial charge on any atom is 0.232 e. The van der Waals surface area contributed by atoms with Crippen LogP contribution < -0.4 is 4.90 Å². The average molecular weight is 329 g/mol. The summed E-state index contributed by atoms with van der Waals surface area (Å²) in [6.07, 6.45) is 5.63. The lowest BCUT2D eigenvalue weighted by atomic mass is 10.0. The Bertz CT molecular complexity index is 661. The predicted octanol–water partition coefficient (Wildman–Crippen LogP) is 3.06. The van der Waals surface area contributed by atoms with E-state index in [0.29, 0.717) is 0 Å². The van der Waals surface area contributed by atoms with Crippen molar-refractivity contribution in [1.29, 1.82) is 5.26 Å². The van der Waals surface area contributed by atoms with Gasteiger partial charge in [-0.15, -0.1) is 0 Å². The Morgan fingerprint density at radius 3 is 2.80 bits per heavy atom. The molecule has 0 atom stereocenters. The van der Waals surface area contributed by atoms with Crippen molar-refractivity contribution in [3.8, 4) is 6.07 Å². The molecule has 3 rings (SSSR count). The van der Waals surface area contributed by atoms with Crippen molar-refractivity contribution in [2.24, 2.45) is 0 Å². The van der Waals surface area contributed by atoms with Crippen LogP contribution >= 0.6 is 15.9 Å². The fourth-order valence-corrected chi connectivity index (χ4v) is 3.13. The Morgan fingerprint density at radius 2 is 2.05 bits per heavy atom. The Kier molecular flexibility index (Phi) is 3.66. The molecule has 0 fully saturated rings. The molecule has 0 spiro atoms. The first-order valence-corrected chi connectivity index (χ1v) is 7.30. The van der Waals surface area contributed by atoms with Crippen molar-refractivity contribution in [1.82, 2.24) is 9.97 Å². The van der Waals surface area contributed by atoms with E-state index in [2.05, 4.69) is 49.0 Å². The van der Waals surface area contributed by atoms with Crippen molar-refractivity contribution in [2.45, 2.75) is 19.4 Å². The van der Waals surface area contributed by atoms with Crippen molar-refractivity contribution in [3.63, 3.8) is 0 Å². The number of halogens is 1. The van der Waals surface area contributed by atoms with Gasteiger partial charge in [-0.05, 0) is 30.0 Å². The number of hydrogen-bond acceptors (Lipinski definition) is 4. The Hall–Kier alpha value is -1.93. The Labute approximate surface area is 126 Å². The highest BCUT2D eigenvalue weighted by Crippen LogP contribution is 2.28. The summed E-state index contributed by atoms with van der Waals surface area (Å²) in [4.78, 5) is 10.4. The molecule has 0 saturated carbocycles. The molecule has 2 heterocycles. The van der Waals surface area contributed by atoms with E-state index in [1.165, 1.54) is 15.6 Å². The second-order valence-electron chi connectivity index (χ2n) is 4.78. The summed E-state index contributed by atoms with van der Waals surface area (Å²) in [5.74, 6) is 0.215. The SMILES string of the molecule is N#Cc1ncc(N2CCCc3c(Br)cccc3C2)cn1. The minimum Gasteiger partial charge on any atom is -0.365 e. The predicted molar refractivity (Wildman–Crippen MR) is 80.3 cm³/mol. The Morgan fingerprint density at radius 1 is 1.25 bits per heavy atom. The van der Waals surface area contributed by atoms with Crippen LogP contribution in [0.25, 0.3) is 0 Å². The van der Waals surface area contributed by atoms with Crippen LogP contribution in [0.15, 0.2) is 35.1 Å². The highest BCUT2D eigenvalue weighted by Gasteiger charge is 2.16. The number of nitriles is 1. The third-order valence-electron chi connectivity index (χ3n) is 3.54. The molecule has 0 radical (unpaired) electrons. The van der Waals surface area contributed by atoms with E-state index in [0.717, 1.165) is 31.6 Å². The smallest absolute Gasteiger partial charge is 0.232 e. The second-order valence-corrected chi connectivity index (χ2v) is 5.63. The van der Waals surface area contributed by atoms with Crippen LogP contribution in [0.1, 0.15) is 23.4 Å². The van der Waals surface area contributed by atoms with Gasteiger partial charge in [0.15, 0.2) is 0 Å². The van der Waals surface area contributed by atoms with Crippen LogP contribution in [0.2, 0.25) is 0 Å². The van der Waals surface area contributed by atoms with E-state index in [1.54, 1.807) is 12.4 Å². The van der Waals surface area contributed by atoms with Crippen LogP contribution in [0.5, 0.6) is 0 Å². The fourth-order valence-electron chi connectivity index (χ4n) is 2.53. The van der Waals surface area contributed by atoms with Crippen LogP contribution in [0, 0.1) is 11.3 Å². The molecule has 100 valence electrons. The van der Waals surface area contributed by atoms with Gasteiger partial charge in [-0.3, -0.25) is 0 Å². The molecular weight excluding hydrogens is 316 g/mol. The largest absolute Gasteiger partial charge is 0.365 e. The van der Waals surface area contributed by atoms with E-state index in [9.17, 15) is 0 Å². The molecule has 1 aliphatic heterocycles. The lowest BCUT2D eigenvalue weighted by Gasteiger charge is -2.22. The molecule has 2 aromatic rings. The lowest BCUT2D eigenvalue weighted by molar-refractivity contribution is 0.761. The molecule has 0 amide bonds. The molecule has 0 saturated heterocycles. The molecule has 5 heteroatoms. The van der Waals surface area contributed by atoms with Crippen LogP contribution in [-0.2, 0) is 13.0 Å². The molecule has 4 nitrogen and oxygen atoms in total. The molecule has 0 aliphatic carbocycles. The normalized spacial score (nSPS) is 14.3. The first kappa shape index (κ1) is 13.1.